The Morgan fingerprint density at radius 2 is 2.26 bits per heavy atom. The van der Waals surface area contributed by atoms with Crippen LogP contribution in [0.3, 0.4) is 0 Å². The summed E-state index contributed by atoms with van der Waals surface area (Å²) in [5.41, 5.74) is 1.56. The van der Waals surface area contributed by atoms with Gasteiger partial charge in [0, 0.05) is 12.7 Å². The third-order valence-electron chi connectivity index (χ3n) is 2.42. The molecule has 0 heterocycles. The van der Waals surface area contributed by atoms with E-state index in [1.165, 1.54) is 13.3 Å². The summed E-state index contributed by atoms with van der Waals surface area (Å²) in [6.07, 6.45) is 1.40. The monoisotopic (exact) mass is 259 g/mol. The molecule has 0 saturated carbocycles. The smallest absolute Gasteiger partial charge is 0.267 e. The average molecular weight is 259 g/mol. The molecule has 5 nitrogen and oxygen atoms in total. The first-order valence-corrected chi connectivity index (χ1v) is 5.92. The zero-order valence-corrected chi connectivity index (χ0v) is 11.3. The van der Waals surface area contributed by atoms with Gasteiger partial charge >= 0.3 is 0 Å². The second-order valence-electron chi connectivity index (χ2n) is 3.89. The van der Waals surface area contributed by atoms with Gasteiger partial charge in [-0.2, -0.15) is 5.26 Å². The summed E-state index contributed by atoms with van der Waals surface area (Å²) in [6.45, 7) is 4.44. The highest BCUT2D eigenvalue weighted by molar-refractivity contribution is 6.07. The van der Waals surface area contributed by atoms with E-state index in [0.717, 1.165) is 5.56 Å². The normalized spacial score (nSPS) is 10.5. The molecule has 1 aromatic rings. The van der Waals surface area contributed by atoms with Crippen LogP contribution in [0, 0.1) is 18.3 Å². The molecular formula is C14H17N3O2. The fourth-order valence-electron chi connectivity index (χ4n) is 1.46. The number of benzene rings is 1. The molecule has 0 aromatic heterocycles. The lowest BCUT2D eigenvalue weighted by molar-refractivity contribution is -0.112. The van der Waals surface area contributed by atoms with Crippen molar-refractivity contribution in [1.29, 1.82) is 5.26 Å². The summed E-state index contributed by atoms with van der Waals surface area (Å²) in [4.78, 5) is 11.9. The summed E-state index contributed by atoms with van der Waals surface area (Å²) in [6, 6.07) is 7.30. The van der Waals surface area contributed by atoms with E-state index in [4.69, 9.17) is 10.00 Å². The van der Waals surface area contributed by atoms with E-state index in [0.29, 0.717) is 18.0 Å². The number of rotatable bonds is 5. The molecule has 0 spiro atoms. The first-order chi connectivity index (χ1) is 9.12. The van der Waals surface area contributed by atoms with Gasteiger partial charge in [-0.3, -0.25) is 4.79 Å². The van der Waals surface area contributed by atoms with Crippen molar-refractivity contribution in [3.8, 4) is 11.8 Å². The topological polar surface area (TPSA) is 74.2 Å². The molecule has 1 rings (SSSR count). The van der Waals surface area contributed by atoms with Crippen LogP contribution < -0.4 is 15.4 Å². The second kappa shape index (κ2) is 7.07. The summed E-state index contributed by atoms with van der Waals surface area (Å²) in [7, 11) is 1.53. The number of nitriles is 1. The SMILES string of the molecule is CCN/C=C(/C#N)C(=O)Nc1cc(C)ccc1OC. The number of ether oxygens (including phenoxy) is 1. The Kier molecular flexibility index (Phi) is 5.42. The number of nitrogens with zero attached hydrogens (tertiary/aromatic N) is 1. The van der Waals surface area contributed by atoms with Crippen LogP contribution in [0.2, 0.25) is 0 Å². The Balaban J connectivity index is 2.93. The second-order valence-corrected chi connectivity index (χ2v) is 3.89. The minimum Gasteiger partial charge on any atom is -0.495 e. The number of hydrogen-bond donors (Lipinski definition) is 2. The van der Waals surface area contributed by atoms with Crippen LogP contribution in [-0.2, 0) is 4.79 Å². The van der Waals surface area contributed by atoms with Gasteiger partial charge < -0.3 is 15.4 Å². The van der Waals surface area contributed by atoms with E-state index in [-0.39, 0.29) is 5.57 Å². The summed E-state index contributed by atoms with van der Waals surface area (Å²) >= 11 is 0. The number of anilines is 1. The highest BCUT2D eigenvalue weighted by Gasteiger charge is 2.12. The Morgan fingerprint density at radius 1 is 1.53 bits per heavy atom. The van der Waals surface area contributed by atoms with Crippen LogP contribution in [0.1, 0.15) is 12.5 Å². The van der Waals surface area contributed by atoms with Crippen molar-refractivity contribution in [1.82, 2.24) is 5.32 Å². The summed E-state index contributed by atoms with van der Waals surface area (Å²) < 4.78 is 5.16. The molecule has 0 radical (unpaired) electrons. The molecule has 0 bridgehead atoms. The molecular weight excluding hydrogens is 242 g/mol. The molecule has 0 atom stereocenters. The molecule has 2 N–H and O–H groups in total. The highest BCUT2D eigenvalue weighted by atomic mass is 16.5. The zero-order valence-electron chi connectivity index (χ0n) is 11.3. The zero-order chi connectivity index (χ0) is 14.3. The van der Waals surface area contributed by atoms with Crippen LogP contribution in [0.5, 0.6) is 5.75 Å². The third kappa shape index (κ3) is 4.03. The molecule has 1 amide bonds. The predicted octanol–water partition coefficient (Wildman–Crippen LogP) is 1.96. The first-order valence-electron chi connectivity index (χ1n) is 5.92. The largest absolute Gasteiger partial charge is 0.495 e. The molecule has 0 saturated heterocycles. The van der Waals surface area contributed by atoms with Gasteiger partial charge in [-0.15, -0.1) is 0 Å². The maximum absolute atomic E-state index is 11.9. The van der Waals surface area contributed by atoms with Gasteiger partial charge in [-0.1, -0.05) is 6.07 Å². The number of aryl methyl sites for hydroxylation is 1. The number of carbonyl (C=O) groups is 1. The Labute approximate surface area is 112 Å². The number of hydrogen-bond acceptors (Lipinski definition) is 4. The van der Waals surface area contributed by atoms with Gasteiger partial charge in [0.2, 0.25) is 0 Å². The predicted molar refractivity (Wildman–Crippen MR) is 73.7 cm³/mol. The van der Waals surface area contributed by atoms with Gasteiger partial charge in [-0.05, 0) is 31.5 Å². The summed E-state index contributed by atoms with van der Waals surface area (Å²) in [5, 5.41) is 14.4. The van der Waals surface area contributed by atoms with E-state index in [9.17, 15) is 4.79 Å². The molecule has 0 aliphatic carbocycles. The lowest BCUT2D eigenvalue weighted by Gasteiger charge is -2.10. The van der Waals surface area contributed by atoms with Gasteiger partial charge in [0.25, 0.3) is 5.91 Å². The van der Waals surface area contributed by atoms with Crippen LogP contribution in [0.25, 0.3) is 0 Å². The highest BCUT2D eigenvalue weighted by Crippen LogP contribution is 2.25. The van der Waals surface area contributed by atoms with Crippen molar-refractivity contribution in [3.63, 3.8) is 0 Å². The Morgan fingerprint density at radius 3 is 2.84 bits per heavy atom. The molecule has 5 heteroatoms. The Hall–Kier alpha value is -2.48. The number of methoxy groups -OCH3 is 1. The third-order valence-corrected chi connectivity index (χ3v) is 2.42. The van der Waals surface area contributed by atoms with Crippen LogP contribution in [0.15, 0.2) is 30.0 Å². The van der Waals surface area contributed by atoms with E-state index < -0.39 is 5.91 Å². The van der Waals surface area contributed by atoms with Crippen molar-refractivity contribution in [2.24, 2.45) is 0 Å². The lowest BCUT2D eigenvalue weighted by atomic mass is 10.2. The van der Waals surface area contributed by atoms with E-state index in [1.807, 2.05) is 26.0 Å². The minimum atomic E-state index is -0.465. The van der Waals surface area contributed by atoms with E-state index >= 15 is 0 Å². The van der Waals surface area contributed by atoms with Crippen molar-refractivity contribution >= 4 is 11.6 Å². The van der Waals surface area contributed by atoms with Crippen molar-refractivity contribution in [2.45, 2.75) is 13.8 Å². The average Bonchev–Trinajstić information content (AvgIpc) is 2.40. The minimum absolute atomic E-state index is 0.0189. The van der Waals surface area contributed by atoms with Crippen molar-refractivity contribution in [2.75, 3.05) is 19.0 Å². The molecule has 0 unspecified atom stereocenters. The molecule has 0 aliphatic rings. The summed E-state index contributed by atoms with van der Waals surface area (Å²) in [5.74, 6) is 0.0899. The quantitative estimate of drug-likeness (QED) is 0.626. The number of carbonyl (C=O) groups excluding carboxylic acids is 1. The molecule has 100 valence electrons. The first kappa shape index (κ1) is 14.6. The van der Waals surface area contributed by atoms with Crippen LogP contribution >= 0.6 is 0 Å². The standard InChI is InChI=1S/C14H17N3O2/c1-4-16-9-11(8-15)14(18)17-12-7-10(2)5-6-13(12)19-3/h5-7,9,16H,4H2,1-3H3,(H,17,18)/b11-9-. The lowest BCUT2D eigenvalue weighted by Crippen LogP contribution is -2.17. The maximum atomic E-state index is 11.9. The van der Waals surface area contributed by atoms with E-state index in [2.05, 4.69) is 10.6 Å². The molecule has 0 aliphatic heterocycles. The van der Waals surface area contributed by atoms with Crippen LogP contribution in [-0.4, -0.2) is 19.6 Å². The number of amides is 1. The van der Waals surface area contributed by atoms with Gasteiger partial charge in [0.05, 0.1) is 12.8 Å². The molecule has 0 fully saturated rings. The fraction of sp³-hybridized carbons (Fsp3) is 0.286. The van der Waals surface area contributed by atoms with Crippen LogP contribution in [0.4, 0.5) is 5.69 Å². The fourth-order valence-corrected chi connectivity index (χ4v) is 1.46. The van der Waals surface area contributed by atoms with Gasteiger partial charge in [0.1, 0.15) is 17.4 Å². The maximum Gasteiger partial charge on any atom is 0.267 e. The number of nitrogens with one attached hydrogen (secondary N) is 2. The van der Waals surface area contributed by atoms with Gasteiger partial charge in [0.15, 0.2) is 0 Å². The molecule has 19 heavy (non-hydrogen) atoms. The molecule has 1 aromatic carbocycles. The van der Waals surface area contributed by atoms with Gasteiger partial charge in [-0.25, -0.2) is 0 Å². The Bertz CT molecular complexity index is 530. The van der Waals surface area contributed by atoms with Crippen molar-refractivity contribution in [3.05, 3.63) is 35.5 Å². The van der Waals surface area contributed by atoms with E-state index in [1.54, 1.807) is 12.1 Å². The van der Waals surface area contributed by atoms with Crippen molar-refractivity contribution < 1.29 is 9.53 Å².